The van der Waals surface area contributed by atoms with Crippen molar-refractivity contribution in [2.24, 2.45) is 5.10 Å². The van der Waals surface area contributed by atoms with Crippen LogP contribution in [0.4, 0.5) is 0 Å². The second-order valence-electron chi connectivity index (χ2n) is 5.36. The van der Waals surface area contributed by atoms with Crippen molar-refractivity contribution in [1.82, 2.24) is 5.43 Å². The Kier molecular flexibility index (Phi) is 6.35. The molecule has 0 heterocycles. The summed E-state index contributed by atoms with van der Waals surface area (Å²) in [5.41, 5.74) is 4.58. The predicted molar refractivity (Wildman–Crippen MR) is 95.9 cm³/mol. The van der Waals surface area contributed by atoms with Gasteiger partial charge in [0.25, 0.3) is 5.91 Å². The highest BCUT2D eigenvalue weighted by Crippen LogP contribution is 2.18. The third kappa shape index (κ3) is 5.87. The van der Waals surface area contributed by atoms with Crippen LogP contribution in [0.25, 0.3) is 0 Å². The SMILES string of the molecule is CC(C)c1ccc(OCC(=O)NN=Cc2ccc(Br)cc2)cc1. The number of halogens is 1. The highest BCUT2D eigenvalue weighted by atomic mass is 79.9. The molecule has 120 valence electrons. The van der Waals surface area contributed by atoms with Crippen LogP contribution in [0.1, 0.15) is 30.9 Å². The number of ether oxygens (including phenoxy) is 1. The molecule has 23 heavy (non-hydrogen) atoms. The number of carbonyl (C=O) groups is 1. The van der Waals surface area contributed by atoms with Gasteiger partial charge in [0.15, 0.2) is 6.61 Å². The van der Waals surface area contributed by atoms with Gasteiger partial charge in [-0.05, 0) is 41.3 Å². The lowest BCUT2D eigenvalue weighted by atomic mass is 10.0. The third-order valence-electron chi connectivity index (χ3n) is 3.19. The van der Waals surface area contributed by atoms with Gasteiger partial charge in [-0.25, -0.2) is 5.43 Å². The van der Waals surface area contributed by atoms with E-state index < -0.39 is 0 Å². The lowest BCUT2D eigenvalue weighted by Crippen LogP contribution is -2.24. The molecule has 5 heteroatoms. The summed E-state index contributed by atoms with van der Waals surface area (Å²) in [5, 5.41) is 3.90. The van der Waals surface area contributed by atoms with Crippen molar-refractivity contribution in [2.75, 3.05) is 6.61 Å². The Hall–Kier alpha value is -2.14. The van der Waals surface area contributed by atoms with Crippen LogP contribution in [0.3, 0.4) is 0 Å². The minimum absolute atomic E-state index is 0.0707. The Bertz CT molecular complexity index is 664. The van der Waals surface area contributed by atoms with E-state index in [0.717, 1.165) is 10.0 Å². The molecular formula is C18H19BrN2O2. The van der Waals surface area contributed by atoms with E-state index in [4.69, 9.17) is 4.74 Å². The summed E-state index contributed by atoms with van der Waals surface area (Å²) in [6.45, 7) is 4.19. The van der Waals surface area contributed by atoms with Gasteiger partial charge in [0.2, 0.25) is 0 Å². The zero-order valence-corrected chi connectivity index (χ0v) is 14.7. The van der Waals surface area contributed by atoms with Crippen molar-refractivity contribution in [3.05, 3.63) is 64.1 Å². The van der Waals surface area contributed by atoms with E-state index in [1.807, 2.05) is 48.5 Å². The van der Waals surface area contributed by atoms with Crippen LogP contribution in [0.2, 0.25) is 0 Å². The summed E-state index contributed by atoms with van der Waals surface area (Å²) in [6.07, 6.45) is 1.59. The van der Waals surface area contributed by atoms with Gasteiger partial charge in [0.1, 0.15) is 5.75 Å². The first kappa shape index (κ1) is 17.2. The molecule has 0 fully saturated rings. The quantitative estimate of drug-likeness (QED) is 0.611. The highest BCUT2D eigenvalue weighted by molar-refractivity contribution is 9.10. The molecule has 0 aliphatic carbocycles. The van der Waals surface area contributed by atoms with Crippen molar-refractivity contribution < 1.29 is 9.53 Å². The van der Waals surface area contributed by atoms with Gasteiger partial charge >= 0.3 is 0 Å². The van der Waals surface area contributed by atoms with E-state index in [0.29, 0.717) is 11.7 Å². The van der Waals surface area contributed by atoms with Crippen LogP contribution in [-0.4, -0.2) is 18.7 Å². The number of hydrogen-bond donors (Lipinski definition) is 1. The van der Waals surface area contributed by atoms with E-state index in [1.54, 1.807) is 6.21 Å². The molecule has 1 amide bonds. The first-order valence-electron chi connectivity index (χ1n) is 7.35. The number of hydrazone groups is 1. The maximum atomic E-state index is 11.7. The zero-order chi connectivity index (χ0) is 16.7. The maximum Gasteiger partial charge on any atom is 0.277 e. The fraction of sp³-hybridized carbons (Fsp3) is 0.222. The second kappa shape index (κ2) is 8.48. The predicted octanol–water partition coefficient (Wildman–Crippen LogP) is 4.10. The Morgan fingerprint density at radius 2 is 1.83 bits per heavy atom. The minimum atomic E-state index is -0.300. The summed E-state index contributed by atoms with van der Waals surface area (Å²) >= 11 is 3.36. The van der Waals surface area contributed by atoms with Gasteiger partial charge in [-0.2, -0.15) is 5.10 Å². The summed E-state index contributed by atoms with van der Waals surface area (Å²) in [5.74, 6) is 0.841. The van der Waals surface area contributed by atoms with Crippen LogP contribution in [0.15, 0.2) is 58.1 Å². The third-order valence-corrected chi connectivity index (χ3v) is 3.72. The topological polar surface area (TPSA) is 50.7 Å². The van der Waals surface area contributed by atoms with E-state index in [1.165, 1.54) is 5.56 Å². The second-order valence-corrected chi connectivity index (χ2v) is 6.27. The number of rotatable bonds is 6. The molecule has 0 spiro atoms. The van der Waals surface area contributed by atoms with Crippen molar-refractivity contribution in [1.29, 1.82) is 0 Å². The lowest BCUT2D eigenvalue weighted by Gasteiger charge is -2.08. The smallest absolute Gasteiger partial charge is 0.277 e. The highest BCUT2D eigenvalue weighted by Gasteiger charge is 2.03. The molecule has 0 aliphatic heterocycles. The number of amides is 1. The first-order valence-corrected chi connectivity index (χ1v) is 8.14. The number of carbonyl (C=O) groups excluding carboxylic acids is 1. The number of nitrogens with zero attached hydrogens (tertiary/aromatic N) is 1. The van der Waals surface area contributed by atoms with Crippen LogP contribution < -0.4 is 10.2 Å². The molecule has 0 atom stereocenters. The monoisotopic (exact) mass is 374 g/mol. The minimum Gasteiger partial charge on any atom is -0.484 e. The van der Waals surface area contributed by atoms with Crippen LogP contribution >= 0.6 is 15.9 Å². The normalized spacial score (nSPS) is 11.0. The van der Waals surface area contributed by atoms with Gasteiger partial charge < -0.3 is 4.74 Å². The average molecular weight is 375 g/mol. The Morgan fingerprint density at radius 1 is 1.17 bits per heavy atom. The van der Waals surface area contributed by atoms with Gasteiger partial charge in [0, 0.05) is 4.47 Å². The van der Waals surface area contributed by atoms with E-state index in [-0.39, 0.29) is 12.5 Å². The summed E-state index contributed by atoms with van der Waals surface area (Å²) < 4.78 is 6.42. The fourth-order valence-electron chi connectivity index (χ4n) is 1.86. The van der Waals surface area contributed by atoms with Crippen molar-refractivity contribution >= 4 is 28.1 Å². The largest absolute Gasteiger partial charge is 0.484 e. The van der Waals surface area contributed by atoms with Crippen LogP contribution in [0.5, 0.6) is 5.75 Å². The molecule has 0 radical (unpaired) electrons. The van der Waals surface area contributed by atoms with Crippen LogP contribution in [-0.2, 0) is 4.79 Å². The molecule has 0 saturated heterocycles. The van der Waals surface area contributed by atoms with E-state index >= 15 is 0 Å². The fourth-order valence-corrected chi connectivity index (χ4v) is 2.12. The molecule has 4 nitrogen and oxygen atoms in total. The Labute approximate surface area is 144 Å². The molecule has 2 aromatic carbocycles. The Morgan fingerprint density at radius 3 is 2.43 bits per heavy atom. The van der Waals surface area contributed by atoms with Gasteiger partial charge in [-0.1, -0.05) is 54.0 Å². The van der Waals surface area contributed by atoms with Gasteiger partial charge in [0.05, 0.1) is 6.21 Å². The van der Waals surface area contributed by atoms with Crippen molar-refractivity contribution in [3.63, 3.8) is 0 Å². The lowest BCUT2D eigenvalue weighted by molar-refractivity contribution is -0.123. The molecule has 2 rings (SSSR count). The van der Waals surface area contributed by atoms with E-state index in [2.05, 4.69) is 40.3 Å². The van der Waals surface area contributed by atoms with Gasteiger partial charge in [-0.3, -0.25) is 4.79 Å². The number of nitrogens with one attached hydrogen (secondary N) is 1. The standard InChI is InChI=1S/C18H19BrN2O2/c1-13(2)15-5-9-17(10-6-15)23-12-18(22)21-20-11-14-3-7-16(19)8-4-14/h3-11,13H,12H2,1-2H3,(H,21,22). The molecule has 1 N–H and O–H groups in total. The van der Waals surface area contributed by atoms with Crippen molar-refractivity contribution in [3.8, 4) is 5.75 Å². The van der Waals surface area contributed by atoms with E-state index in [9.17, 15) is 4.79 Å². The first-order chi connectivity index (χ1) is 11.0. The van der Waals surface area contributed by atoms with Crippen molar-refractivity contribution in [2.45, 2.75) is 19.8 Å². The summed E-state index contributed by atoms with van der Waals surface area (Å²) in [7, 11) is 0. The summed E-state index contributed by atoms with van der Waals surface area (Å²) in [4.78, 5) is 11.7. The molecule has 0 aromatic heterocycles. The molecule has 0 unspecified atom stereocenters. The Balaban J connectivity index is 1.77. The number of hydrogen-bond acceptors (Lipinski definition) is 3. The van der Waals surface area contributed by atoms with Gasteiger partial charge in [-0.15, -0.1) is 0 Å². The molecule has 2 aromatic rings. The molecule has 0 aliphatic rings. The molecule has 0 saturated carbocycles. The maximum absolute atomic E-state index is 11.7. The van der Waals surface area contributed by atoms with Crippen LogP contribution in [0, 0.1) is 0 Å². The zero-order valence-electron chi connectivity index (χ0n) is 13.1. The number of benzene rings is 2. The molecular weight excluding hydrogens is 356 g/mol. The summed E-state index contributed by atoms with van der Waals surface area (Å²) in [6, 6.07) is 15.4. The average Bonchev–Trinajstić information content (AvgIpc) is 2.55. The molecule has 0 bridgehead atoms.